The largest absolute Gasteiger partial charge is 0.496 e. The lowest BCUT2D eigenvalue weighted by atomic mass is 10.1. The van der Waals surface area contributed by atoms with E-state index in [0.29, 0.717) is 28.2 Å². The average molecular weight is 404 g/mol. The SMILES string of the molecule is COc1cc2ncnc(Nc3cc(C)c(OC)c(C)c3)c2cc1OC(C)=O.Cl. The Labute approximate surface area is 169 Å². The highest BCUT2D eigenvalue weighted by Crippen LogP contribution is 2.35. The summed E-state index contributed by atoms with van der Waals surface area (Å²) in [5.74, 6) is 1.77. The van der Waals surface area contributed by atoms with Crippen molar-refractivity contribution in [3.05, 3.63) is 41.7 Å². The van der Waals surface area contributed by atoms with E-state index in [2.05, 4.69) is 15.3 Å². The number of esters is 1. The Morgan fingerprint density at radius 1 is 0.964 bits per heavy atom. The molecule has 0 unspecified atom stereocenters. The van der Waals surface area contributed by atoms with Crippen LogP contribution < -0.4 is 19.5 Å². The first-order valence-electron chi connectivity index (χ1n) is 8.36. The fourth-order valence-corrected chi connectivity index (χ4v) is 3.04. The van der Waals surface area contributed by atoms with Gasteiger partial charge in [0.15, 0.2) is 11.5 Å². The molecule has 0 amide bonds. The summed E-state index contributed by atoms with van der Waals surface area (Å²) in [4.78, 5) is 20.0. The molecule has 0 aliphatic heterocycles. The van der Waals surface area contributed by atoms with Gasteiger partial charge in [0.1, 0.15) is 17.9 Å². The van der Waals surface area contributed by atoms with Gasteiger partial charge < -0.3 is 19.5 Å². The quantitative estimate of drug-likeness (QED) is 0.500. The molecule has 0 fully saturated rings. The highest BCUT2D eigenvalue weighted by Gasteiger charge is 2.14. The number of halogens is 1. The van der Waals surface area contributed by atoms with Crippen LogP contribution in [0.5, 0.6) is 17.2 Å². The molecule has 28 heavy (non-hydrogen) atoms. The number of carbonyl (C=O) groups is 1. The van der Waals surface area contributed by atoms with Crippen molar-refractivity contribution in [3.8, 4) is 17.2 Å². The molecule has 0 aliphatic carbocycles. The van der Waals surface area contributed by atoms with E-state index in [-0.39, 0.29) is 12.4 Å². The number of hydrogen-bond acceptors (Lipinski definition) is 7. The number of hydrogen-bond donors (Lipinski definition) is 1. The van der Waals surface area contributed by atoms with Crippen molar-refractivity contribution in [2.24, 2.45) is 0 Å². The molecule has 3 aromatic rings. The van der Waals surface area contributed by atoms with Gasteiger partial charge >= 0.3 is 5.97 Å². The van der Waals surface area contributed by atoms with Crippen molar-refractivity contribution in [2.75, 3.05) is 19.5 Å². The zero-order valence-electron chi connectivity index (χ0n) is 16.3. The predicted octanol–water partition coefficient (Wildman–Crippen LogP) is 4.35. The smallest absolute Gasteiger partial charge is 0.308 e. The van der Waals surface area contributed by atoms with Gasteiger partial charge in [0.05, 0.1) is 19.7 Å². The first-order chi connectivity index (χ1) is 12.9. The molecule has 2 aromatic carbocycles. The second-order valence-corrected chi connectivity index (χ2v) is 6.10. The van der Waals surface area contributed by atoms with E-state index in [0.717, 1.165) is 22.6 Å². The Balaban J connectivity index is 0.00000280. The van der Waals surface area contributed by atoms with Crippen molar-refractivity contribution >= 4 is 40.8 Å². The maximum absolute atomic E-state index is 11.4. The van der Waals surface area contributed by atoms with Gasteiger partial charge in [-0.25, -0.2) is 9.97 Å². The minimum atomic E-state index is -0.430. The van der Waals surface area contributed by atoms with Crippen LogP contribution in [0.3, 0.4) is 0 Å². The standard InChI is InChI=1S/C20H21N3O4.ClH/c1-11-6-14(7-12(2)19(11)26-5)23-20-15-8-18(27-13(3)24)17(25-4)9-16(15)21-10-22-20;/h6-10H,1-5H3,(H,21,22,23);1H. The van der Waals surface area contributed by atoms with Crippen LogP contribution in [-0.4, -0.2) is 30.2 Å². The molecule has 1 heterocycles. The van der Waals surface area contributed by atoms with Gasteiger partial charge in [-0.1, -0.05) is 0 Å². The number of aryl methyl sites for hydroxylation is 2. The zero-order valence-corrected chi connectivity index (χ0v) is 17.1. The molecule has 8 heteroatoms. The molecule has 1 N–H and O–H groups in total. The summed E-state index contributed by atoms with van der Waals surface area (Å²) in [6.45, 7) is 5.31. The molecular formula is C20H22ClN3O4. The molecule has 0 spiro atoms. The van der Waals surface area contributed by atoms with Gasteiger partial charge in [-0.15, -0.1) is 12.4 Å². The molecule has 3 rings (SSSR count). The summed E-state index contributed by atoms with van der Waals surface area (Å²) in [6, 6.07) is 7.37. The van der Waals surface area contributed by atoms with Crippen molar-refractivity contribution in [1.82, 2.24) is 9.97 Å². The summed E-state index contributed by atoms with van der Waals surface area (Å²) in [7, 11) is 3.17. The molecule has 148 valence electrons. The monoisotopic (exact) mass is 403 g/mol. The highest BCUT2D eigenvalue weighted by atomic mass is 35.5. The maximum atomic E-state index is 11.4. The molecule has 0 bridgehead atoms. The van der Waals surface area contributed by atoms with E-state index in [9.17, 15) is 4.79 Å². The summed E-state index contributed by atoms with van der Waals surface area (Å²) < 4.78 is 16.0. The third-order valence-corrected chi connectivity index (χ3v) is 4.10. The van der Waals surface area contributed by atoms with Crippen LogP contribution in [0.4, 0.5) is 11.5 Å². The van der Waals surface area contributed by atoms with Crippen LogP contribution in [0.1, 0.15) is 18.1 Å². The number of benzene rings is 2. The maximum Gasteiger partial charge on any atom is 0.308 e. The lowest BCUT2D eigenvalue weighted by Gasteiger charge is -2.14. The summed E-state index contributed by atoms with van der Waals surface area (Å²) in [5.41, 5.74) is 3.57. The minimum Gasteiger partial charge on any atom is -0.496 e. The summed E-state index contributed by atoms with van der Waals surface area (Å²) in [5, 5.41) is 4.02. The average Bonchev–Trinajstić information content (AvgIpc) is 2.61. The molecule has 0 radical (unpaired) electrons. The third kappa shape index (κ3) is 4.26. The van der Waals surface area contributed by atoms with E-state index in [1.807, 2.05) is 26.0 Å². The Morgan fingerprint density at radius 2 is 1.64 bits per heavy atom. The van der Waals surface area contributed by atoms with E-state index in [1.54, 1.807) is 19.2 Å². The number of fused-ring (bicyclic) bond motifs is 1. The predicted molar refractivity (Wildman–Crippen MR) is 110 cm³/mol. The Bertz CT molecular complexity index is 1000. The Morgan fingerprint density at radius 3 is 2.21 bits per heavy atom. The molecule has 0 saturated heterocycles. The second kappa shape index (κ2) is 8.75. The van der Waals surface area contributed by atoms with Gasteiger partial charge in [-0.05, 0) is 43.2 Å². The van der Waals surface area contributed by atoms with Crippen LogP contribution in [0, 0.1) is 13.8 Å². The molecule has 0 atom stereocenters. The van der Waals surface area contributed by atoms with Gasteiger partial charge in [-0.2, -0.15) is 0 Å². The molecule has 7 nitrogen and oxygen atoms in total. The fraction of sp³-hybridized carbons (Fsp3) is 0.250. The highest BCUT2D eigenvalue weighted by molar-refractivity contribution is 5.93. The Hall–Kier alpha value is -3.06. The van der Waals surface area contributed by atoms with E-state index < -0.39 is 5.97 Å². The Kier molecular flexibility index (Phi) is 6.64. The van der Waals surface area contributed by atoms with Crippen molar-refractivity contribution in [3.63, 3.8) is 0 Å². The second-order valence-electron chi connectivity index (χ2n) is 6.10. The number of methoxy groups -OCH3 is 2. The minimum absolute atomic E-state index is 0. The fourth-order valence-electron chi connectivity index (χ4n) is 3.04. The number of nitrogens with one attached hydrogen (secondary N) is 1. The number of nitrogens with zero attached hydrogens (tertiary/aromatic N) is 2. The van der Waals surface area contributed by atoms with Gasteiger partial charge in [0.25, 0.3) is 0 Å². The topological polar surface area (TPSA) is 82.6 Å². The van der Waals surface area contributed by atoms with Gasteiger partial charge in [0, 0.05) is 24.1 Å². The molecule has 0 aliphatic rings. The van der Waals surface area contributed by atoms with Crippen LogP contribution in [-0.2, 0) is 4.79 Å². The summed E-state index contributed by atoms with van der Waals surface area (Å²) >= 11 is 0. The lowest BCUT2D eigenvalue weighted by molar-refractivity contribution is -0.132. The van der Waals surface area contributed by atoms with E-state index in [4.69, 9.17) is 14.2 Å². The van der Waals surface area contributed by atoms with Crippen molar-refractivity contribution in [2.45, 2.75) is 20.8 Å². The number of ether oxygens (including phenoxy) is 3. The molecule has 1 aromatic heterocycles. The number of carbonyl (C=O) groups excluding carboxylic acids is 1. The number of aromatic nitrogens is 2. The molecular weight excluding hydrogens is 382 g/mol. The van der Waals surface area contributed by atoms with Crippen molar-refractivity contribution < 1.29 is 19.0 Å². The van der Waals surface area contributed by atoms with Crippen molar-refractivity contribution in [1.29, 1.82) is 0 Å². The first-order valence-corrected chi connectivity index (χ1v) is 8.36. The van der Waals surface area contributed by atoms with Crippen LogP contribution in [0.25, 0.3) is 10.9 Å². The first kappa shape index (κ1) is 21.2. The molecule has 0 saturated carbocycles. The van der Waals surface area contributed by atoms with E-state index in [1.165, 1.54) is 20.4 Å². The number of anilines is 2. The van der Waals surface area contributed by atoms with E-state index >= 15 is 0 Å². The lowest BCUT2D eigenvalue weighted by Crippen LogP contribution is -2.04. The third-order valence-electron chi connectivity index (χ3n) is 4.10. The zero-order chi connectivity index (χ0) is 19.6. The van der Waals surface area contributed by atoms with Crippen LogP contribution >= 0.6 is 12.4 Å². The van der Waals surface area contributed by atoms with Crippen LogP contribution in [0.15, 0.2) is 30.6 Å². The summed E-state index contributed by atoms with van der Waals surface area (Å²) in [6.07, 6.45) is 1.47. The van der Waals surface area contributed by atoms with Crippen LogP contribution in [0.2, 0.25) is 0 Å². The van der Waals surface area contributed by atoms with Gasteiger partial charge in [-0.3, -0.25) is 4.79 Å². The normalized spacial score (nSPS) is 10.2. The van der Waals surface area contributed by atoms with Gasteiger partial charge in [0.2, 0.25) is 0 Å². The number of rotatable bonds is 5.